The number of benzene rings is 3. The van der Waals surface area contributed by atoms with E-state index in [1.807, 2.05) is 0 Å². The lowest BCUT2D eigenvalue weighted by atomic mass is 10.2. The number of carbonyl (C=O) groups is 4. The first-order valence-corrected chi connectivity index (χ1v) is 13.5. The Balaban J connectivity index is 1.25. The van der Waals surface area contributed by atoms with Gasteiger partial charge in [0.15, 0.2) is 0 Å². The van der Waals surface area contributed by atoms with Gasteiger partial charge in [-0.2, -0.15) is 0 Å². The second-order valence-corrected chi connectivity index (χ2v) is 10.4. The van der Waals surface area contributed by atoms with Crippen LogP contribution in [0.15, 0.2) is 112 Å². The monoisotopic (exact) mass is 571 g/mol. The Morgan fingerprint density at radius 3 is 2.33 bits per heavy atom. The van der Waals surface area contributed by atoms with Gasteiger partial charge in [-0.1, -0.05) is 29.8 Å². The number of anilines is 2. The molecule has 1 unspecified atom stereocenters. The largest absolute Gasteiger partial charge is 0.465 e. The molecular formula is C30H22ClN3O5S. The average Bonchev–Trinajstić information content (AvgIpc) is 3.57. The van der Waals surface area contributed by atoms with Crippen LogP contribution in [0.5, 0.6) is 0 Å². The number of amides is 4. The topological polar surface area (TPSA) is 109 Å². The zero-order valence-electron chi connectivity index (χ0n) is 20.9. The van der Waals surface area contributed by atoms with Gasteiger partial charge in [-0.15, -0.1) is 11.8 Å². The maximum atomic E-state index is 13.1. The molecule has 10 heteroatoms. The van der Waals surface area contributed by atoms with E-state index in [-0.39, 0.29) is 23.9 Å². The fourth-order valence-electron chi connectivity index (χ4n) is 4.00. The molecule has 1 atom stereocenters. The lowest BCUT2D eigenvalue weighted by Gasteiger charge is -2.15. The van der Waals surface area contributed by atoms with Crippen LogP contribution in [0.2, 0.25) is 5.02 Å². The molecule has 8 nitrogen and oxygen atoms in total. The summed E-state index contributed by atoms with van der Waals surface area (Å²) in [6.45, 7) is 0. The summed E-state index contributed by atoms with van der Waals surface area (Å²) < 4.78 is 5.32. The molecule has 0 aliphatic carbocycles. The Hall–Kier alpha value is -4.60. The van der Waals surface area contributed by atoms with Crippen molar-refractivity contribution in [2.45, 2.75) is 16.6 Å². The second kappa shape index (κ2) is 12.1. The van der Waals surface area contributed by atoms with Gasteiger partial charge >= 0.3 is 0 Å². The Morgan fingerprint density at radius 2 is 1.65 bits per heavy atom. The molecule has 0 radical (unpaired) electrons. The van der Waals surface area contributed by atoms with Crippen LogP contribution in [-0.4, -0.2) is 28.9 Å². The van der Waals surface area contributed by atoms with Crippen molar-refractivity contribution >= 4 is 64.4 Å². The molecule has 2 heterocycles. The highest BCUT2D eigenvalue weighted by molar-refractivity contribution is 8.00. The number of furan rings is 1. The number of hydrogen-bond acceptors (Lipinski definition) is 6. The van der Waals surface area contributed by atoms with Gasteiger partial charge in [-0.05, 0) is 72.8 Å². The van der Waals surface area contributed by atoms with Crippen LogP contribution in [0.3, 0.4) is 0 Å². The van der Waals surface area contributed by atoms with Crippen molar-refractivity contribution in [2.75, 3.05) is 10.2 Å². The van der Waals surface area contributed by atoms with Gasteiger partial charge < -0.3 is 15.1 Å². The van der Waals surface area contributed by atoms with E-state index >= 15 is 0 Å². The number of imide groups is 1. The fourth-order valence-corrected chi connectivity index (χ4v) is 5.18. The molecule has 0 spiro atoms. The van der Waals surface area contributed by atoms with Crippen LogP contribution in [-0.2, 0) is 14.4 Å². The maximum Gasteiger partial charge on any atom is 0.272 e. The third kappa shape index (κ3) is 6.33. The van der Waals surface area contributed by atoms with Gasteiger partial charge in [0.05, 0.1) is 17.2 Å². The second-order valence-electron chi connectivity index (χ2n) is 8.73. The number of hydrogen-bond donors (Lipinski definition) is 2. The van der Waals surface area contributed by atoms with Gasteiger partial charge in [0.2, 0.25) is 11.8 Å². The molecule has 3 aromatic carbocycles. The highest BCUT2D eigenvalue weighted by atomic mass is 35.5. The Kier molecular flexibility index (Phi) is 8.14. The molecule has 1 aliphatic heterocycles. The molecule has 1 aliphatic rings. The number of nitrogens with zero attached hydrogens (tertiary/aromatic N) is 1. The van der Waals surface area contributed by atoms with Crippen molar-refractivity contribution in [3.8, 4) is 0 Å². The molecule has 5 rings (SSSR count). The highest BCUT2D eigenvalue weighted by Gasteiger charge is 2.40. The Labute approximate surface area is 239 Å². The van der Waals surface area contributed by atoms with E-state index in [9.17, 15) is 19.2 Å². The molecule has 1 fully saturated rings. The van der Waals surface area contributed by atoms with Crippen LogP contribution in [0, 0.1) is 0 Å². The van der Waals surface area contributed by atoms with E-state index in [2.05, 4.69) is 10.6 Å². The van der Waals surface area contributed by atoms with E-state index in [1.165, 1.54) is 29.0 Å². The minimum atomic E-state index is -0.570. The highest BCUT2D eigenvalue weighted by Crippen LogP contribution is 2.34. The summed E-state index contributed by atoms with van der Waals surface area (Å²) in [4.78, 5) is 53.3. The first-order valence-electron chi connectivity index (χ1n) is 12.2. The maximum absolute atomic E-state index is 13.1. The van der Waals surface area contributed by atoms with Crippen molar-refractivity contribution in [3.63, 3.8) is 0 Å². The normalized spacial score (nSPS) is 15.3. The predicted molar refractivity (Wildman–Crippen MR) is 154 cm³/mol. The summed E-state index contributed by atoms with van der Waals surface area (Å²) >= 11 is 7.20. The number of halogens is 1. The van der Waals surface area contributed by atoms with Crippen LogP contribution in [0.4, 0.5) is 11.4 Å². The molecule has 1 saturated heterocycles. The van der Waals surface area contributed by atoms with Gasteiger partial charge in [0, 0.05) is 33.7 Å². The first kappa shape index (κ1) is 27.0. The number of carbonyl (C=O) groups excluding carboxylic acids is 4. The zero-order valence-corrected chi connectivity index (χ0v) is 22.4. The molecule has 0 saturated carbocycles. The summed E-state index contributed by atoms with van der Waals surface area (Å²) in [5.74, 6) is -1.16. The van der Waals surface area contributed by atoms with E-state index < -0.39 is 17.1 Å². The fraction of sp³-hybridized carbons (Fsp3) is 0.0667. The van der Waals surface area contributed by atoms with Crippen LogP contribution < -0.4 is 15.5 Å². The lowest BCUT2D eigenvalue weighted by Crippen LogP contribution is -2.31. The molecule has 4 aromatic rings. The molecular weight excluding hydrogens is 550 g/mol. The quantitative estimate of drug-likeness (QED) is 0.205. The predicted octanol–water partition coefficient (Wildman–Crippen LogP) is 5.77. The molecule has 40 heavy (non-hydrogen) atoms. The molecule has 2 N–H and O–H groups in total. The van der Waals surface area contributed by atoms with E-state index in [0.717, 1.165) is 4.90 Å². The average molecular weight is 572 g/mol. The van der Waals surface area contributed by atoms with E-state index in [0.29, 0.717) is 27.7 Å². The van der Waals surface area contributed by atoms with Gasteiger partial charge in [-0.3, -0.25) is 19.2 Å². The van der Waals surface area contributed by atoms with Crippen LogP contribution in [0.1, 0.15) is 22.5 Å². The van der Waals surface area contributed by atoms with Crippen LogP contribution in [0.25, 0.3) is 6.08 Å². The number of rotatable bonds is 8. The summed E-state index contributed by atoms with van der Waals surface area (Å²) in [5, 5.41) is 5.36. The summed E-state index contributed by atoms with van der Waals surface area (Å²) in [5.41, 5.74) is 1.36. The van der Waals surface area contributed by atoms with Crippen molar-refractivity contribution in [2.24, 2.45) is 0 Å². The van der Waals surface area contributed by atoms with Gasteiger partial charge in [-0.25, -0.2) is 4.90 Å². The van der Waals surface area contributed by atoms with Crippen molar-refractivity contribution in [1.29, 1.82) is 0 Å². The zero-order chi connectivity index (χ0) is 28.1. The minimum Gasteiger partial charge on any atom is -0.465 e. The van der Waals surface area contributed by atoms with Crippen molar-refractivity contribution < 1.29 is 23.6 Å². The molecule has 200 valence electrons. The summed E-state index contributed by atoms with van der Waals surface area (Å²) in [7, 11) is 0. The minimum absolute atomic E-state index is 0.000361. The van der Waals surface area contributed by atoms with E-state index in [4.69, 9.17) is 16.0 Å². The third-order valence-corrected chi connectivity index (χ3v) is 7.39. The SMILES string of the molecule is O=C(Nc1ccc(SC2CC(=O)N(c3ccc(Cl)cc3)C2=O)cc1)/C(=C/c1ccco1)NC(=O)c1ccccc1. The summed E-state index contributed by atoms with van der Waals surface area (Å²) in [6.07, 6.45) is 2.98. The van der Waals surface area contributed by atoms with Crippen molar-refractivity contribution in [3.05, 3.63) is 119 Å². The smallest absolute Gasteiger partial charge is 0.272 e. The van der Waals surface area contributed by atoms with Gasteiger partial charge in [0.25, 0.3) is 11.8 Å². The lowest BCUT2D eigenvalue weighted by molar-refractivity contribution is -0.121. The summed E-state index contributed by atoms with van der Waals surface area (Å²) in [6, 6.07) is 25.3. The number of nitrogens with one attached hydrogen (secondary N) is 2. The standard InChI is InChI=1S/C30H22ClN3O5S/c31-20-8-12-22(13-9-20)34-27(35)18-26(30(34)38)40-24-14-10-21(11-15-24)32-29(37)25(17-23-7-4-16-39-23)33-28(36)19-5-2-1-3-6-19/h1-17,26H,18H2,(H,32,37)(H,33,36)/b25-17-. The number of thioether (sulfide) groups is 1. The van der Waals surface area contributed by atoms with Crippen molar-refractivity contribution in [1.82, 2.24) is 5.32 Å². The third-order valence-electron chi connectivity index (χ3n) is 5.94. The van der Waals surface area contributed by atoms with Gasteiger partial charge in [0.1, 0.15) is 11.5 Å². The first-order chi connectivity index (χ1) is 19.4. The Morgan fingerprint density at radius 1 is 0.925 bits per heavy atom. The molecule has 0 bridgehead atoms. The Bertz CT molecular complexity index is 1570. The van der Waals surface area contributed by atoms with Crippen LogP contribution >= 0.6 is 23.4 Å². The molecule has 4 amide bonds. The molecule has 1 aromatic heterocycles. The van der Waals surface area contributed by atoms with E-state index in [1.54, 1.807) is 91.0 Å².